The Hall–Kier alpha value is -8.40. The lowest BCUT2D eigenvalue weighted by Gasteiger charge is -2.27. The van der Waals surface area contributed by atoms with Gasteiger partial charge in [0.2, 0.25) is 0 Å². The van der Waals surface area contributed by atoms with E-state index < -0.39 is 0 Å². The van der Waals surface area contributed by atoms with E-state index in [2.05, 4.69) is 228 Å². The molecule has 0 saturated carbocycles. The van der Waals surface area contributed by atoms with Crippen molar-refractivity contribution in [3.63, 3.8) is 0 Å². The number of benzene rings is 11. The average Bonchev–Trinajstić information content (AvgIpc) is 3.91. The molecule has 0 aliphatic rings. The fourth-order valence-electron chi connectivity index (χ4n) is 10.2. The molecule has 0 saturated heterocycles. The van der Waals surface area contributed by atoms with Crippen LogP contribution in [-0.2, 0) is 0 Å². The molecule has 294 valence electrons. The van der Waals surface area contributed by atoms with Crippen LogP contribution in [0.3, 0.4) is 0 Å². The van der Waals surface area contributed by atoms with E-state index in [1.165, 1.54) is 59.7 Å². The van der Waals surface area contributed by atoms with E-state index in [1.807, 2.05) is 12.1 Å². The van der Waals surface area contributed by atoms with Gasteiger partial charge >= 0.3 is 0 Å². The van der Waals surface area contributed by atoms with Crippen molar-refractivity contribution in [1.82, 2.24) is 4.57 Å². The third-order valence-electron chi connectivity index (χ3n) is 13.0. The Morgan fingerprint density at radius 2 is 0.746 bits per heavy atom. The fourth-order valence-corrected chi connectivity index (χ4v) is 10.2. The third kappa shape index (κ3) is 5.53. The first-order chi connectivity index (χ1) is 31.3. The SMILES string of the molecule is c1ccc(-n2c3ccccc3c3ccccc32)c(-c2ccc(N(c3ccc(-c4cccc5oc6ccccc6c45)cc3)c3ccc4c5ccccc5c5ccccc5c4c3)cc2)c1. The summed E-state index contributed by atoms with van der Waals surface area (Å²) in [5.41, 5.74) is 13.2. The Balaban J connectivity index is 0.974. The van der Waals surface area contributed by atoms with Crippen LogP contribution < -0.4 is 4.90 Å². The molecule has 13 rings (SSSR count). The first kappa shape index (κ1) is 35.4. The van der Waals surface area contributed by atoms with Crippen LogP contribution >= 0.6 is 0 Å². The highest BCUT2D eigenvalue weighted by molar-refractivity contribution is 6.26. The molecule has 0 aliphatic heterocycles. The van der Waals surface area contributed by atoms with Gasteiger partial charge < -0.3 is 13.9 Å². The third-order valence-corrected chi connectivity index (χ3v) is 13.0. The highest BCUT2D eigenvalue weighted by Crippen LogP contribution is 2.44. The summed E-state index contributed by atoms with van der Waals surface area (Å²) >= 11 is 0. The van der Waals surface area contributed by atoms with Gasteiger partial charge in [-0.15, -0.1) is 0 Å². The number of furan rings is 1. The minimum atomic E-state index is 0.898. The van der Waals surface area contributed by atoms with E-state index in [9.17, 15) is 0 Å². The number of hydrogen-bond acceptors (Lipinski definition) is 2. The zero-order chi connectivity index (χ0) is 41.4. The zero-order valence-electron chi connectivity index (χ0n) is 34.2. The van der Waals surface area contributed by atoms with Crippen LogP contribution in [0, 0.1) is 0 Å². The minimum absolute atomic E-state index is 0.898. The number of nitrogens with zero attached hydrogens (tertiary/aromatic N) is 2. The normalized spacial score (nSPS) is 11.8. The molecule has 0 aliphatic carbocycles. The van der Waals surface area contributed by atoms with Gasteiger partial charge in [0.25, 0.3) is 0 Å². The van der Waals surface area contributed by atoms with E-state index in [1.54, 1.807) is 0 Å². The maximum absolute atomic E-state index is 6.28. The van der Waals surface area contributed by atoms with Crippen LogP contribution in [0.4, 0.5) is 17.1 Å². The quantitative estimate of drug-likeness (QED) is 0.156. The Labute approximate surface area is 363 Å². The van der Waals surface area contributed by atoms with Crippen LogP contribution in [0.15, 0.2) is 235 Å². The van der Waals surface area contributed by atoms with Crippen molar-refractivity contribution in [3.05, 3.63) is 231 Å². The average molecular weight is 803 g/mol. The van der Waals surface area contributed by atoms with E-state index in [0.717, 1.165) is 61.4 Å². The zero-order valence-corrected chi connectivity index (χ0v) is 34.2. The van der Waals surface area contributed by atoms with Gasteiger partial charge in [0.15, 0.2) is 0 Å². The molecule has 3 nitrogen and oxygen atoms in total. The molecular formula is C60H38N2O. The second kappa shape index (κ2) is 14.1. The van der Waals surface area contributed by atoms with Crippen molar-refractivity contribution < 1.29 is 4.42 Å². The van der Waals surface area contributed by atoms with Gasteiger partial charge in [0.05, 0.1) is 16.7 Å². The number of hydrogen-bond donors (Lipinski definition) is 0. The summed E-state index contributed by atoms with van der Waals surface area (Å²) in [7, 11) is 0. The molecule has 13 aromatic rings. The van der Waals surface area contributed by atoms with Crippen molar-refractivity contribution in [2.75, 3.05) is 4.90 Å². The second-order valence-corrected chi connectivity index (χ2v) is 16.4. The van der Waals surface area contributed by atoms with Gasteiger partial charge in [-0.2, -0.15) is 0 Å². The van der Waals surface area contributed by atoms with Gasteiger partial charge in [0.1, 0.15) is 11.2 Å². The van der Waals surface area contributed by atoms with Crippen molar-refractivity contribution in [3.8, 4) is 27.9 Å². The summed E-state index contributed by atoms with van der Waals surface area (Å²) in [5, 5.41) is 12.3. The first-order valence-electron chi connectivity index (χ1n) is 21.6. The number of rotatable bonds is 6. The molecule has 0 spiro atoms. The van der Waals surface area contributed by atoms with E-state index in [-0.39, 0.29) is 0 Å². The summed E-state index contributed by atoms with van der Waals surface area (Å²) in [4.78, 5) is 2.39. The lowest BCUT2D eigenvalue weighted by molar-refractivity contribution is 0.669. The minimum Gasteiger partial charge on any atom is -0.456 e. The predicted molar refractivity (Wildman–Crippen MR) is 266 cm³/mol. The molecular weight excluding hydrogens is 765 g/mol. The van der Waals surface area contributed by atoms with Crippen molar-refractivity contribution in [1.29, 1.82) is 0 Å². The molecule has 0 unspecified atom stereocenters. The van der Waals surface area contributed by atoms with Gasteiger partial charge in [0, 0.05) is 44.2 Å². The largest absolute Gasteiger partial charge is 0.456 e. The number of fused-ring (bicyclic) bond motifs is 12. The Kier molecular flexibility index (Phi) is 7.91. The molecule has 2 heterocycles. The van der Waals surface area contributed by atoms with Crippen LogP contribution in [-0.4, -0.2) is 4.57 Å². The Bertz CT molecular complexity index is 3820. The summed E-state index contributed by atoms with van der Waals surface area (Å²) < 4.78 is 8.70. The lowest BCUT2D eigenvalue weighted by Crippen LogP contribution is -2.10. The maximum atomic E-state index is 6.28. The Morgan fingerprint density at radius 1 is 0.302 bits per heavy atom. The summed E-state index contributed by atoms with van der Waals surface area (Å²) in [6.45, 7) is 0. The van der Waals surface area contributed by atoms with Gasteiger partial charge in [-0.3, -0.25) is 0 Å². The lowest BCUT2D eigenvalue weighted by atomic mass is 9.94. The molecule has 3 heteroatoms. The molecule has 2 aromatic heterocycles. The number of para-hydroxylation sites is 4. The van der Waals surface area contributed by atoms with Crippen LogP contribution in [0.2, 0.25) is 0 Å². The molecule has 0 bridgehead atoms. The van der Waals surface area contributed by atoms with Gasteiger partial charge in [-0.05, 0) is 116 Å². The molecule has 0 amide bonds. The standard InChI is InChI=1S/C60H38N2O/c1-2-17-48-46(15-1)47-16-3-4-18-49(47)54-38-43(36-37-50(48)54)61(42-34-30-40(31-35-42)45-22-13-27-59-60(45)53-21-8-12-26-58(53)63-59)41-32-28-39(29-33-41)44-14-5-9-23-55(44)62-56-24-10-6-19-51(56)52-20-7-11-25-57(52)62/h1-38H. The highest BCUT2D eigenvalue weighted by atomic mass is 16.3. The van der Waals surface area contributed by atoms with Crippen LogP contribution in [0.25, 0.3) is 104 Å². The predicted octanol–water partition coefficient (Wildman–Crippen LogP) is 16.9. The topological polar surface area (TPSA) is 21.3 Å². The van der Waals surface area contributed by atoms with Crippen LogP contribution in [0.5, 0.6) is 0 Å². The Morgan fingerprint density at radius 3 is 1.38 bits per heavy atom. The smallest absolute Gasteiger partial charge is 0.136 e. The number of aromatic nitrogens is 1. The first-order valence-corrected chi connectivity index (χ1v) is 21.6. The molecule has 0 radical (unpaired) electrons. The molecule has 11 aromatic carbocycles. The second-order valence-electron chi connectivity index (χ2n) is 16.4. The van der Waals surface area contributed by atoms with E-state index in [0.29, 0.717) is 0 Å². The molecule has 63 heavy (non-hydrogen) atoms. The molecule has 0 N–H and O–H groups in total. The highest BCUT2D eigenvalue weighted by Gasteiger charge is 2.19. The molecule has 0 fully saturated rings. The van der Waals surface area contributed by atoms with Crippen molar-refractivity contribution >= 4 is 93.1 Å². The van der Waals surface area contributed by atoms with Crippen molar-refractivity contribution in [2.45, 2.75) is 0 Å². The summed E-state index contributed by atoms with van der Waals surface area (Å²) in [6, 6.07) is 83.5. The van der Waals surface area contributed by atoms with Gasteiger partial charge in [-0.25, -0.2) is 0 Å². The van der Waals surface area contributed by atoms with E-state index in [4.69, 9.17) is 4.42 Å². The van der Waals surface area contributed by atoms with Crippen LogP contribution in [0.1, 0.15) is 0 Å². The fraction of sp³-hybridized carbons (Fsp3) is 0. The molecule has 0 atom stereocenters. The summed E-state index contributed by atoms with van der Waals surface area (Å²) in [6.07, 6.45) is 0. The number of anilines is 3. The van der Waals surface area contributed by atoms with Crippen molar-refractivity contribution in [2.24, 2.45) is 0 Å². The monoisotopic (exact) mass is 802 g/mol. The van der Waals surface area contributed by atoms with Gasteiger partial charge in [-0.1, -0.05) is 164 Å². The van der Waals surface area contributed by atoms with E-state index >= 15 is 0 Å². The summed E-state index contributed by atoms with van der Waals surface area (Å²) in [5.74, 6) is 0. The maximum Gasteiger partial charge on any atom is 0.136 e.